The molecule has 1 aliphatic rings. The van der Waals surface area contributed by atoms with Gasteiger partial charge in [-0.15, -0.1) is 0 Å². The maximum atomic E-state index is 12.3. The van der Waals surface area contributed by atoms with Gasteiger partial charge in [0.2, 0.25) is 5.91 Å². The molecule has 0 spiro atoms. The van der Waals surface area contributed by atoms with Crippen LogP contribution in [0.5, 0.6) is 0 Å². The van der Waals surface area contributed by atoms with Gasteiger partial charge in [-0.05, 0) is 25.2 Å². The molecule has 0 saturated heterocycles. The SMILES string of the molecule is Cn1cc(NC(=O)C(N)CC2CC(C(F)(F)F)C2)cn1. The van der Waals surface area contributed by atoms with Gasteiger partial charge in [-0.3, -0.25) is 9.48 Å². The fourth-order valence-corrected chi connectivity index (χ4v) is 2.38. The summed E-state index contributed by atoms with van der Waals surface area (Å²) in [5.74, 6) is -1.76. The van der Waals surface area contributed by atoms with Crippen LogP contribution in [-0.4, -0.2) is 27.9 Å². The van der Waals surface area contributed by atoms with E-state index in [1.807, 2.05) is 0 Å². The fraction of sp³-hybridized carbons (Fsp3) is 0.667. The highest BCUT2D eigenvalue weighted by atomic mass is 19.4. The Hall–Kier alpha value is -1.57. The van der Waals surface area contributed by atoms with E-state index in [1.165, 1.54) is 10.9 Å². The van der Waals surface area contributed by atoms with E-state index in [4.69, 9.17) is 5.73 Å². The topological polar surface area (TPSA) is 72.9 Å². The van der Waals surface area contributed by atoms with Gasteiger partial charge < -0.3 is 11.1 Å². The molecule has 0 aliphatic heterocycles. The summed E-state index contributed by atoms with van der Waals surface area (Å²) in [5.41, 5.74) is 6.24. The van der Waals surface area contributed by atoms with Crippen molar-refractivity contribution < 1.29 is 18.0 Å². The number of halogens is 3. The number of aromatic nitrogens is 2. The van der Waals surface area contributed by atoms with E-state index < -0.39 is 24.0 Å². The van der Waals surface area contributed by atoms with E-state index in [-0.39, 0.29) is 25.2 Å². The largest absolute Gasteiger partial charge is 0.391 e. The second-order valence-electron chi connectivity index (χ2n) is 5.31. The molecule has 1 heterocycles. The number of rotatable bonds is 4. The van der Waals surface area contributed by atoms with Crippen LogP contribution in [0.1, 0.15) is 19.3 Å². The number of hydrogen-bond donors (Lipinski definition) is 2. The molecule has 5 nitrogen and oxygen atoms in total. The molecule has 0 bridgehead atoms. The van der Waals surface area contributed by atoms with Crippen LogP contribution >= 0.6 is 0 Å². The second kappa shape index (κ2) is 5.43. The van der Waals surface area contributed by atoms with Crippen LogP contribution in [0.15, 0.2) is 12.4 Å². The Morgan fingerprint density at radius 1 is 1.60 bits per heavy atom. The molecule has 1 aromatic rings. The van der Waals surface area contributed by atoms with E-state index in [0.29, 0.717) is 5.69 Å². The number of carbonyl (C=O) groups is 1. The van der Waals surface area contributed by atoms with Gasteiger partial charge in [0.15, 0.2) is 0 Å². The van der Waals surface area contributed by atoms with Gasteiger partial charge in [-0.1, -0.05) is 0 Å². The first-order valence-corrected chi connectivity index (χ1v) is 6.37. The number of nitrogens with zero attached hydrogens (tertiary/aromatic N) is 2. The van der Waals surface area contributed by atoms with Crippen LogP contribution in [0.3, 0.4) is 0 Å². The summed E-state index contributed by atoms with van der Waals surface area (Å²) in [4.78, 5) is 11.8. The highest BCUT2D eigenvalue weighted by Crippen LogP contribution is 2.46. The highest BCUT2D eigenvalue weighted by molar-refractivity contribution is 5.94. The monoisotopic (exact) mass is 290 g/mol. The minimum Gasteiger partial charge on any atom is -0.322 e. The van der Waals surface area contributed by atoms with Crippen LogP contribution in [0.25, 0.3) is 0 Å². The average molecular weight is 290 g/mol. The Morgan fingerprint density at radius 2 is 2.25 bits per heavy atom. The number of nitrogens with two attached hydrogens (primary N) is 1. The van der Waals surface area contributed by atoms with Crippen molar-refractivity contribution in [3.8, 4) is 0 Å². The molecule has 1 amide bonds. The molecular weight excluding hydrogens is 273 g/mol. The molecule has 112 valence electrons. The van der Waals surface area contributed by atoms with E-state index in [0.717, 1.165) is 0 Å². The number of aryl methyl sites for hydroxylation is 1. The number of hydrogen-bond acceptors (Lipinski definition) is 3. The van der Waals surface area contributed by atoms with Gasteiger partial charge in [0.25, 0.3) is 0 Å². The van der Waals surface area contributed by atoms with E-state index in [2.05, 4.69) is 10.4 Å². The Bertz CT molecular complexity index is 479. The maximum Gasteiger partial charge on any atom is 0.391 e. The van der Waals surface area contributed by atoms with Gasteiger partial charge in [0.05, 0.1) is 23.8 Å². The normalized spacial score (nSPS) is 24.1. The van der Waals surface area contributed by atoms with E-state index in [9.17, 15) is 18.0 Å². The van der Waals surface area contributed by atoms with Gasteiger partial charge in [0, 0.05) is 13.2 Å². The molecule has 3 N–H and O–H groups in total. The molecule has 1 atom stereocenters. The molecule has 1 fully saturated rings. The first-order valence-electron chi connectivity index (χ1n) is 6.37. The minimum absolute atomic E-state index is 0.0668. The first kappa shape index (κ1) is 14.8. The lowest BCUT2D eigenvalue weighted by Crippen LogP contribution is -2.42. The molecule has 0 aromatic carbocycles. The second-order valence-corrected chi connectivity index (χ2v) is 5.31. The lowest BCUT2D eigenvalue weighted by atomic mass is 9.71. The van der Waals surface area contributed by atoms with Crippen molar-refractivity contribution in [3.63, 3.8) is 0 Å². The van der Waals surface area contributed by atoms with Gasteiger partial charge in [-0.25, -0.2) is 0 Å². The Balaban J connectivity index is 1.76. The predicted octanol–water partition coefficient (Wildman–Crippen LogP) is 1.66. The third kappa shape index (κ3) is 3.50. The molecular formula is C12H17F3N4O. The van der Waals surface area contributed by atoms with Crippen LogP contribution in [0, 0.1) is 11.8 Å². The van der Waals surface area contributed by atoms with Gasteiger partial charge >= 0.3 is 6.18 Å². The van der Waals surface area contributed by atoms with Crippen molar-refractivity contribution in [1.29, 1.82) is 0 Å². The molecule has 8 heteroatoms. The number of amides is 1. The van der Waals surface area contributed by atoms with Crippen LogP contribution < -0.4 is 11.1 Å². The number of alkyl halides is 3. The number of anilines is 1. The van der Waals surface area contributed by atoms with E-state index in [1.54, 1.807) is 13.2 Å². The smallest absolute Gasteiger partial charge is 0.322 e. The highest BCUT2D eigenvalue weighted by Gasteiger charge is 2.48. The summed E-state index contributed by atoms with van der Waals surface area (Å²) >= 11 is 0. The first-order chi connectivity index (χ1) is 9.25. The summed E-state index contributed by atoms with van der Waals surface area (Å²) in [6, 6.07) is -0.797. The zero-order chi connectivity index (χ0) is 14.9. The van der Waals surface area contributed by atoms with Crippen molar-refractivity contribution in [2.45, 2.75) is 31.5 Å². The molecule has 1 aromatic heterocycles. The standard InChI is InChI=1S/C12H17F3N4O/c1-19-6-9(5-17-19)18-11(20)10(16)4-7-2-8(3-7)12(13,14)15/h5-8,10H,2-4,16H2,1H3,(H,18,20). The zero-order valence-electron chi connectivity index (χ0n) is 11.0. The lowest BCUT2D eigenvalue weighted by Gasteiger charge is -2.37. The van der Waals surface area contributed by atoms with Crippen LogP contribution in [0.4, 0.5) is 18.9 Å². The maximum absolute atomic E-state index is 12.3. The third-order valence-electron chi connectivity index (χ3n) is 3.60. The third-order valence-corrected chi connectivity index (χ3v) is 3.60. The number of carbonyl (C=O) groups excluding carboxylic acids is 1. The van der Waals surface area contributed by atoms with Crippen molar-refractivity contribution in [2.75, 3.05) is 5.32 Å². The molecule has 2 rings (SSSR count). The quantitative estimate of drug-likeness (QED) is 0.886. The average Bonchev–Trinajstić information content (AvgIpc) is 2.66. The minimum atomic E-state index is -4.13. The van der Waals surface area contributed by atoms with E-state index >= 15 is 0 Å². The van der Waals surface area contributed by atoms with Crippen molar-refractivity contribution in [2.24, 2.45) is 24.6 Å². The summed E-state index contributed by atoms with van der Waals surface area (Å²) in [6.07, 6.45) is -0.618. The number of nitrogens with one attached hydrogen (secondary N) is 1. The Kier molecular flexibility index (Phi) is 4.03. The molecule has 1 aliphatic carbocycles. The lowest BCUT2D eigenvalue weighted by molar-refractivity contribution is -0.205. The van der Waals surface area contributed by atoms with Crippen molar-refractivity contribution in [3.05, 3.63) is 12.4 Å². The molecule has 0 radical (unpaired) electrons. The Labute approximate surface area is 114 Å². The van der Waals surface area contributed by atoms with Gasteiger partial charge in [0.1, 0.15) is 0 Å². The summed E-state index contributed by atoms with van der Waals surface area (Å²) in [6.45, 7) is 0. The molecule has 1 unspecified atom stereocenters. The van der Waals surface area contributed by atoms with Crippen LogP contribution in [0.2, 0.25) is 0 Å². The molecule has 20 heavy (non-hydrogen) atoms. The van der Waals surface area contributed by atoms with Crippen molar-refractivity contribution in [1.82, 2.24) is 9.78 Å². The van der Waals surface area contributed by atoms with Crippen molar-refractivity contribution >= 4 is 11.6 Å². The fourth-order valence-electron chi connectivity index (χ4n) is 2.38. The summed E-state index contributed by atoms with van der Waals surface area (Å²) in [5, 5.41) is 6.48. The van der Waals surface area contributed by atoms with Crippen LogP contribution in [-0.2, 0) is 11.8 Å². The molecule has 1 saturated carbocycles. The summed E-state index contributed by atoms with van der Waals surface area (Å²) in [7, 11) is 1.71. The Morgan fingerprint density at radius 3 is 2.75 bits per heavy atom. The zero-order valence-corrected chi connectivity index (χ0v) is 11.0. The van der Waals surface area contributed by atoms with Gasteiger partial charge in [-0.2, -0.15) is 18.3 Å². The summed E-state index contributed by atoms with van der Waals surface area (Å²) < 4.78 is 38.5. The predicted molar refractivity (Wildman–Crippen MR) is 66.7 cm³/mol.